The number of carbonyl (C=O) groups excluding carboxylic acids is 2. The van der Waals surface area contributed by atoms with Crippen molar-refractivity contribution in [3.8, 4) is 0 Å². The molecule has 0 spiro atoms. The minimum absolute atomic E-state index is 0.0198. The van der Waals surface area contributed by atoms with Crippen molar-refractivity contribution in [2.75, 3.05) is 42.4 Å². The van der Waals surface area contributed by atoms with Crippen molar-refractivity contribution in [2.24, 2.45) is 0 Å². The largest absolute Gasteiger partial charge is 0.383 e. The molecule has 1 heterocycles. The van der Waals surface area contributed by atoms with Gasteiger partial charge in [-0.1, -0.05) is 18.2 Å². The van der Waals surface area contributed by atoms with Gasteiger partial charge < -0.3 is 20.3 Å². The molecule has 1 unspecified atom stereocenters. The summed E-state index contributed by atoms with van der Waals surface area (Å²) in [5.41, 5.74) is 2.24. The molecule has 3 rings (SSSR count). The molecule has 0 aromatic heterocycles. The predicted molar refractivity (Wildman–Crippen MR) is 115 cm³/mol. The average molecular weight is 432 g/mol. The lowest BCUT2D eigenvalue weighted by molar-refractivity contribution is -0.144. The van der Waals surface area contributed by atoms with Crippen molar-refractivity contribution in [3.05, 3.63) is 54.6 Å². The van der Waals surface area contributed by atoms with Gasteiger partial charge in [-0.05, 0) is 42.8 Å². The monoisotopic (exact) mass is 431 g/mol. The van der Waals surface area contributed by atoms with Crippen LogP contribution in [0.15, 0.2) is 54.6 Å². The Kier molecular flexibility index (Phi) is 7.07. The molecular weight excluding hydrogens is 406 g/mol. The van der Waals surface area contributed by atoms with Crippen LogP contribution in [0.1, 0.15) is 6.42 Å². The van der Waals surface area contributed by atoms with Crippen molar-refractivity contribution in [1.82, 2.24) is 4.90 Å². The fourth-order valence-corrected chi connectivity index (χ4v) is 5.03. The quantitative estimate of drug-likeness (QED) is 0.650. The third kappa shape index (κ3) is 5.80. The summed E-state index contributed by atoms with van der Waals surface area (Å²) in [6, 6.07) is 16.1. The smallest absolute Gasteiger partial charge is 0.313 e. The van der Waals surface area contributed by atoms with E-state index in [1.165, 1.54) is 12.0 Å². The molecule has 160 valence electrons. The van der Waals surface area contributed by atoms with E-state index in [0.29, 0.717) is 12.1 Å². The second-order valence-corrected chi connectivity index (χ2v) is 9.30. The number of ether oxygens (including phenoxy) is 1. The molecule has 1 fully saturated rings. The van der Waals surface area contributed by atoms with Crippen LogP contribution in [-0.4, -0.2) is 62.9 Å². The SMILES string of the molecule is COCCN(C(=O)C(=O)Nc1ccc(Nc2ccccc2)cc1)C1CCS(=O)(=O)C1. The van der Waals surface area contributed by atoms with Gasteiger partial charge in [-0.25, -0.2) is 8.42 Å². The van der Waals surface area contributed by atoms with Gasteiger partial charge in [-0.2, -0.15) is 0 Å². The van der Waals surface area contributed by atoms with E-state index in [9.17, 15) is 18.0 Å². The van der Waals surface area contributed by atoms with Crippen LogP contribution in [0.25, 0.3) is 0 Å². The number of anilines is 3. The molecule has 0 bridgehead atoms. The molecule has 0 aliphatic carbocycles. The zero-order valence-corrected chi connectivity index (χ0v) is 17.5. The van der Waals surface area contributed by atoms with E-state index in [1.54, 1.807) is 24.3 Å². The number of para-hydroxylation sites is 1. The Morgan fingerprint density at radius 1 is 1.03 bits per heavy atom. The normalized spacial score (nSPS) is 17.3. The lowest BCUT2D eigenvalue weighted by Gasteiger charge is -2.27. The van der Waals surface area contributed by atoms with Crippen molar-refractivity contribution in [3.63, 3.8) is 0 Å². The van der Waals surface area contributed by atoms with Crippen LogP contribution in [0.2, 0.25) is 0 Å². The van der Waals surface area contributed by atoms with Crippen LogP contribution < -0.4 is 10.6 Å². The Bertz CT molecular complexity index is 977. The number of nitrogens with zero attached hydrogens (tertiary/aromatic N) is 1. The lowest BCUT2D eigenvalue weighted by Crippen LogP contribution is -2.47. The molecule has 2 aromatic rings. The van der Waals surface area contributed by atoms with Crippen LogP contribution in [0.3, 0.4) is 0 Å². The summed E-state index contributed by atoms with van der Waals surface area (Å²) in [4.78, 5) is 26.5. The van der Waals surface area contributed by atoms with E-state index in [0.717, 1.165) is 11.4 Å². The first-order valence-corrected chi connectivity index (χ1v) is 11.4. The molecule has 0 radical (unpaired) electrons. The van der Waals surface area contributed by atoms with Gasteiger partial charge in [0.1, 0.15) is 0 Å². The summed E-state index contributed by atoms with van der Waals surface area (Å²) in [6.45, 7) is 0.373. The highest BCUT2D eigenvalue weighted by molar-refractivity contribution is 7.91. The number of benzene rings is 2. The highest BCUT2D eigenvalue weighted by atomic mass is 32.2. The van der Waals surface area contributed by atoms with E-state index in [4.69, 9.17) is 4.74 Å². The van der Waals surface area contributed by atoms with Crippen molar-refractivity contribution in [1.29, 1.82) is 0 Å². The van der Waals surface area contributed by atoms with Gasteiger partial charge >= 0.3 is 11.8 Å². The number of hydrogen-bond donors (Lipinski definition) is 2. The highest BCUT2D eigenvalue weighted by Gasteiger charge is 2.36. The summed E-state index contributed by atoms with van der Waals surface area (Å²) < 4.78 is 28.6. The molecule has 9 heteroatoms. The van der Waals surface area contributed by atoms with E-state index >= 15 is 0 Å². The number of amides is 2. The maximum Gasteiger partial charge on any atom is 0.313 e. The third-order valence-electron chi connectivity index (χ3n) is 4.85. The zero-order valence-electron chi connectivity index (χ0n) is 16.7. The van der Waals surface area contributed by atoms with E-state index < -0.39 is 27.7 Å². The first-order valence-electron chi connectivity index (χ1n) is 9.61. The maximum absolute atomic E-state index is 12.7. The summed E-state index contributed by atoms with van der Waals surface area (Å²) in [5.74, 6) is -1.68. The molecule has 0 saturated carbocycles. The molecule has 2 aromatic carbocycles. The van der Waals surface area contributed by atoms with Crippen LogP contribution >= 0.6 is 0 Å². The molecule has 1 saturated heterocycles. The molecule has 30 heavy (non-hydrogen) atoms. The van der Waals surface area contributed by atoms with Gasteiger partial charge in [-0.15, -0.1) is 0 Å². The van der Waals surface area contributed by atoms with Crippen LogP contribution in [0.5, 0.6) is 0 Å². The Hall–Kier alpha value is -2.91. The minimum atomic E-state index is -3.19. The van der Waals surface area contributed by atoms with Gasteiger partial charge in [0.25, 0.3) is 0 Å². The van der Waals surface area contributed by atoms with Gasteiger partial charge in [0.15, 0.2) is 9.84 Å². The predicted octanol–water partition coefficient (Wildman–Crippen LogP) is 2.03. The van der Waals surface area contributed by atoms with E-state index in [2.05, 4.69) is 10.6 Å². The Morgan fingerprint density at radius 2 is 1.67 bits per heavy atom. The first-order chi connectivity index (χ1) is 14.4. The minimum Gasteiger partial charge on any atom is -0.383 e. The fourth-order valence-electron chi connectivity index (χ4n) is 3.30. The van der Waals surface area contributed by atoms with Crippen molar-refractivity contribution < 1.29 is 22.7 Å². The Balaban J connectivity index is 1.63. The van der Waals surface area contributed by atoms with Crippen LogP contribution in [-0.2, 0) is 24.2 Å². The number of sulfone groups is 1. The van der Waals surface area contributed by atoms with Gasteiger partial charge in [-0.3, -0.25) is 9.59 Å². The molecule has 1 atom stereocenters. The summed E-state index contributed by atoms with van der Waals surface area (Å²) in [5, 5.41) is 5.82. The molecule has 1 aliphatic heterocycles. The molecule has 2 amide bonds. The van der Waals surface area contributed by atoms with Crippen molar-refractivity contribution >= 4 is 38.7 Å². The zero-order chi connectivity index (χ0) is 21.6. The Morgan fingerprint density at radius 3 is 2.27 bits per heavy atom. The molecule has 8 nitrogen and oxygen atoms in total. The number of hydrogen-bond acceptors (Lipinski definition) is 6. The standard InChI is InChI=1S/C21H25N3O5S/c1-29-13-12-24(19-11-14-30(27,28)15-19)21(26)20(25)23-18-9-7-17(8-10-18)22-16-5-3-2-4-6-16/h2-10,19,22H,11-15H2,1H3,(H,23,25). The number of methoxy groups -OCH3 is 1. The number of nitrogens with one attached hydrogen (secondary N) is 2. The highest BCUT2D eigenvalue weighted by Crippen LogP contribution is 2.20. The third-order valence-corrected chi connectivity index (χ3v) is 6.60. The summed E-state index contributed by atoms with van der Waals surface area (Å²) in [7, 11) is -1.70. The van der Waals surface area contributed by atoms with Crippen LogP contribution in [0.4, 0.5) is 17.1 Å². The number of carbonyl (C=O) groups is 2. The summed E-state index contributed by atoms with van der Waals surface area (Å²) in [6.07, 6.45) is 0.324. The first kappa shape index (κ1) is 21.8. The molecule has 1 aliphatic rings. The van der Waals surface area contributed by atoms with Gasteiger partial charge in [0.05, 0.1) is 18.1 Å². The second kappa shape index (κ2) is 9.73. The van der Waals surface area contributed by atoms with Crippen LogP contribution in [0, 0.1) is 0 Å². The molecular formula is C21H25N3O5S. The fraction of sp³-hybridized carbons (Fsp3) is 0.333. The topological polar surface area (TPSA) is 105 Å². The number of rotatable bonds is 7. The van der Waals surface area contributed by atoms with E-state index in [1.807, 2.05) is 30.3 Å². The summed E-state index contributed by atoms with van der Waals surface area (Å²) >= 11 is 0. The maximum atomic E-state index is 12.7. The lowest BCUT2D eigenvalue weighted by atomic mass is 10.2. The van der Waals surface area contributed by atoms with Gasteiger partial charge in [0, 0.05) is 36.8 Å². The molecule has 2 N–H and O–H groups in total. The van der Waals surface area contributed by atoms with Crippen molar-refractivity contribution in [2.45, 2.75) is 12.5 Å². The van der Waals surface area contributed by atoms with Gasteiger partial charge in [0.2, 0.25) is 0 Å². The van der Waals surface area contributed by atoms with E-state index in [-0.39, 0.29) is 24.7 Å². The second-order valence-electron chi connectivity index (χ2n) is 7.07. The average Bonchev–Trinajstić information content (AvgIpc) is 3.09. The Labute approximate surface area is 176 Å².